The summed E-state index contributed by atoms with van der Waals surface area (Å²) in [6.45, 7) is 1.87. The fourth-order valence-corrected chi connectivity index (χ4v) is 2.33. The number of urea groups is 1. The maximum atomic E-state index is 12.4. The van der Waals surface area contributed by atoms with E-state index in [9.17, 15) is 9.59 Å². The fraction of sp³-hybridized carbons (Fsp3) is 0.412. The average Bonchev–Trinajstić information content (AvgIpc) is 3.34. The molecule has 1 aliphatic rings. The van der Waals surface area contributed by atoms with Crippen molar-refractivity contribution in [2.75, 3.05) is 19.5 Å². The summed E-state index contributed by atoms with van der Waals surface area (Å²) in [5.41, 5.74) is 0.873. The minimum Gasteiger partial charge on any atom is -0.495 e. The molecule has 2 aromatic rings. The van der Waals surface area contributed by atoms with Gasteiger partial charge in [-0.2, -0.15) is 4.98 Å². The second kappa shape index (κ2) is 7.42. The number of rotatable bonds is 6. The van der Waals surface area contributed by atoms with Gasteiger partial charge in [0, 0.05) is 18.7 Å². The van der Waals surface area contributed by atoms with Crippen LogP contribution in [0, 0.1) is 6.92 Å². The molecule has 0 bridgehead atoms. The minimum absolute atomic E-state index is 0.164. The number of aryl methyl sites for hydroxylation is 1. The fourth-order valence-electron chi connectivity index (χ4n) is 2.33. The summed E-state index contributed by atoms with van der Waals surface area (Å²) in [6.07, 6.45) is 2.01. The molecule has 1 heterocycles. The summed E-state index contributed by atoms with van der Waals surface area (Å²) < 4.78 is 10.3. The van der Waals surface area contributed by atoms with E-state index < -0.39 is 0 Å². The van der Waals surface area contributed by atoms with Crippen LogP contribution in [0.15, 0.2) is 22.7 Å². The zero-order valence-corrected chi connectivity index (χ0v) is 14.9. The van der Waals surface area contributed by atoms with Crippen LogP contribution in [0.5, 0.6) is 5.75 Å². The van der Waals surface area contributed by atoms with E-state index in [0.29, 0.717) is 28.7 Å². The van der Waals surface area contributed by atoms with Crippen LogP contribution in [0.25, 0.3) is 0 Å². The molecule has 138 valence electrons. The molecular formula is C17H21N5O4. The second-order valence-electron chi connectivity index (χ2n) is 6.18. The number of ether oxygens (including phenoxy) is 1. The van der Waals surface area contributed by atoms with Gasteiger partial charge >= 0.3 is 6.03 Å². The third kappa shape index (κ3) is 4.29. The second-order valence-corrected chi connectivity index (χ2v) is 6.18. The summed E-state index contributed by atoms with van der Waals surface area (Å²) in [6, 6.07) is 4.78. The first-order valence-corrected chi connectivity index (χ1v) is 8.26. The van der Waals surface area contributed by atoms with Crippen molar-refractivity contribution < 1.29 is 18.8 Å². The number of nitrogens with one attached hydrogen (secondary N) is 2. The van der Waals surface area contributed by atoms with Crippen molar-refractivity contribution in [3.05, 3.63) is 35.5 Å². The SMILES string of the molecule is COc1ccc(C(=O)NC2CC2)cc1NC(=O)N(C)Cc1nc(C)no1. The lowest BCUT2D eigenvalue weighted by atomic mass is 10.1. The van der Waals surface area contributed by atoms with Crippen molar-refractivity contribution in [3.63, 3.8) is 0 Å². The van der Waals surface area contributed by atoms with Gasteiger partial charge in [0.25, 0.3) is 5.91 Å². The van der Waals surface area contributed by atoms with E-state index in [1.54, 1.807) is 32.2 Å². The number of methoxy groups -OCH3 is 1. The smallest absolute Gasteiger partial charge is 0.322 e. The zero-order valence-electron chi connectivity index (χ0n) is 14.9. The van der Waals surface area contributed by atoms with Gasteiger partial charge in [0.1, 0.15) is 12.3 Å². The highest BCUT2D eigenvalue weighted by molar-refractivity contribution is 5.98. The Kier molecular flexibility index (Phi) is 5.06. The third-order valence-corrected chi connectivity index (χ3v) is 3.90. The zero-order chi connectivity index (χ0) is 18.7. The maximum Gasteiger partial charge on any atom is 0.322 e. The van der Waals surface area contributed by atoms with Crippen molar-refractivity contribution in [2.45, 2.75) is 32.4 Å². The van der Waals surface area contributed by atoms with E-state index in [4.69, 9.17) is 9.26 Å². The van der Waals surface area contributed by atoms with Crippen LogP contribution >= 0.6 is 0 Å². The number of amides is 3. The Morgan fingerprint density at radius 2 is 2.15 bits per heavy atom. The molecule has 1 saturated carbocycles. The molecule has 3 rings (SSSR count). The Balaban J connectivity index is 1.69. The van der Waals surface area contributed by atoms with Crippen molar-refractivity contribution in [3.8, 4) is 5.75 Å². The Bertz CT molecular complexity index is 815. The molecule has 26 heavy (non-hydrogen) atoms. The van der Waals surface area contributed by atoms with Gasteiger partial charge in [0.05, 0.1) is 12.8 Å². The predicted molar refractivity (Wildman–Crippen MR) is 93.0 cm³/mol. The molecule has 0 unspecified atom stereocenters. The van der Waals surface area contributed by atoms with Crippen LogP contribution in [0.1, 0.15) is 34.9 Å². The van der Waals surface area contributed by atoms with Crippen LogP contribution in [0.3, 0.4) is 0 Å². The highest BCUT2D eigenvalue weighted by Crippen LogP contribution is 2.27. The first kappa shape index (κ1) is 17.7. The molecule has 9 nitrogen and oxygen atoms in total. The number of benzene rings is 1. The summed E-state index contributed by atoms with van der Waals surface area (Å²) in [4.78, 5) is 30.1. The number of hydrogen-bond donors (Lipinski definition) is 2. The van der Waals surface area contributed by atoms with Crippen molar-refractivity contribution in [2.24, 2.45) is 0 Å². The first-order valence-electron chi connectivity index (χ1n) is 8.26. The van der Waals surface area contributed by atoms with Crippen molar-refractivity contribution in [1.29, 1.82) is 0 Å². The van der Waals surface area contributed by atoms with Crippen molar-refractivity contribution >= 4 is 17.6 Å². The summed E-state index contributed by atoms with van der Waals surface area (Å²) in [5, 5.41) is 9.35. The van der Waals surface area contributed by atoms with E-state index in [0.717, 1.165) is 12.8 Å². The number of hydrogen-bond acceptors (Lipinski definition) is 6. The molecule has 2 N–H and O–H groups in total. The lowest BCUT2D eigenvalue weighted by molar-refractivity contribution is 0.0951. The summed E-state index contributed by atoms with van der Waals surface area (Å²) in [5.74, 6) is 1.14. The molecule has 1 aromatic heterocycles. The Morgan fingerprint density at radius 1 is 1.38 bits per heavy atom. The normalized spacial score (nSPS) is 13.2. The maximum absolute atomic E-state index is 12.4. The Morgan fingerprint density at radius 3 is 2.77 bits per heavy atom. The standard InChI is InChI=1S/C17H21N5O4/c1-10-18-15(26-21-10)9-22(2)17(24)20-13-8-11(4-7-14(13)25-3)16(23)19-12-5-6-12/h4,7-8,12H,5-6,9H2,1-3H3,(H,19,23)(H,20,24). The molecular weight excluding hydrogens is 338 g/mol. The van der Waals surface area contributed by atoms with E-state index in [2.05, 4.69) is 20.8 Å². The third-order valence-electron chi connectivity index (χ3n) is 3.90. The van der Waals surface area contributed by atoms with Gasteiger partial charge in [-0.05, 0) is 38.0 Å². The van der Waals surface area contributed by atoms with Crippen LogP contribution in [-0.4, -0.2) is 47.2 Å². The van der Waals surface area contributed by atoms with E-state index in [1.165, 1.54) is 12.0 Å². The highest BCUT2D eigenvalue weighted by Gasteiger charge is 2.24. The number of nitrogens with zero attached hydrogens (tertiary/aromatic N) is 3. The molecule has 1 aliphatic carbocycles. The van der Waals surface area contributed by atoms with Crippen molar-refractivity contribution in [1.82, 2.24) is 20.4 Å². The molecule has 1 aromatic carbocycles. The predicted octanol–water partition coefficient (Wildman–Crippen LogP) is 1.94. The molecule has 0 atom stereocenters. The van der Waals surface area contributed by atoms with E-state index in [-0.39, 0.29) is 24.5 Å². The lowest BCUT2D eigenvalue weighted by Gasteiger charge is -2.18. The quantitative estimate of drug-likeness (QED) is 0.816. The minimum atomic E-state index is -0.390. The van der Waals surface area contributed by atoms with E-state index >= 15 is 0 Å². The molecule has 3 amide bonds. The first-order chi connectivity index (χ1) is 12.5. The largest absolute Gasteiger partial charge is 0.495 e. The number of carbonyl (C=O) groups excluding carboxylic acids is 2. The summed E-state index contributed by atoms with van der Waals surface area (Å²) in [7, 11) is 3.10. The van der Waals surface area contributed by atoms with Crippen LogP contribution in [0.2, 0.25) is 0 Å². The van der Waals surface area contributed by atoms with Gasteiger partial charge in [0.2, 0.25) is 5.89 Å². The lowest BCUT2D eigenvalue weighted by Crippen LogP contribution is -2.31. The van der Waals surface area contributed by atoms with Crippen LogP contribution < -0.4 is 15.4 Å². The molecule has 9 heteroatoms. The topological polar surface area (TPSA) is 110 Å². The van der Waals surface area contributed by atoms with Gasteiger partial charge in [-0.15, -0.1) is 0 Å². The summed E-state index contributed by atoms with van der Waals surface area (Å²) >= 11 is 0. The van der Waals surface area contributed by atoms with Gasteiger partial charge in [-0.25, -0.2) is 4.79 Å². The monoisotopic (exact) mass is 359 g/mol. The van der Waals surface area contributed by atoms with Crippen LogP contribution in [0.4, 0.5) is 10.5 Å². The van der Waals surface area contributed by atoms with Gasteiger partial charge in [-0.1, -0.05) is 5.16 Å². The average molecular weight is 359 g/mol. The molecule has 1 fully saturated rings. The Labute approximate surface area is 150 Å². The van der Waals surface area contributed by atoms with Gasteiger partial charge in [0.15, 0.2) is 5.82 Å². The number of carbonyl (C=O) groups is 2. The Hall–Kier alpha value is -3.10. The molecule has 0 saturated heterocycles. The number of aromatic nitrogens is 2. The molecule has 0 spiro atoms. The van der Waals surface area contributed by atoms with Crippen LogP contribution in [-0.2, 0) is 6.54 Å². The molecule has 0 aliphatic heterocycles. The van der Waals surface area contributed by atoms with E-state index in [1.807, 2.05) is 0 Å². The molecule has 0 radical (unpaired) electrons. The van der Waals surface area contributed by atoms with Gasteiger partial charge in [-0.3, -0.25) is 4.79 Å². The highest BCUT2D eigenvalue weighted by atomic mass is 16.5. The van der Waals surface area contributed by atoms with Gasteiger partial charge < -0.3 is 24.8 Å². The number of anilines is 1.